The van der Waals surface area contributed by atoms with Gasteiger partial charge in [0, 0.05) is 10.6 Å². The average Bonchev–Trinajstić information content (AvgIpc) is 2.13. The molecule has 3 nitrogen and oxygen atoms in total. The quantitative estimate of drug-likeness (QED) is 0.334. The van der Waals surface area contributed by atoms with Crippen molar-refractivity contribution >= 4 is 17.4 Å². The van der Waals surface area contributed by atoms with Crippen molar-refractivity contribution in [2.75, 3.05) is 0 Å². The van der Waals surface area contributed by atoms with E-state index in [1.54, 1.807) is 0 Å². The van der Waals surface area contributed by atoms with Crippen molar-refractivity contribution in [1.29, 1.82) is 0 Å². The second-order valence-electron chi connectivity index (χ2n) is 4.29. The molecule has 1 aromatic rings. The van der Waals surface area contributed by atoms with Gasteiger partial charge in [-0.05, 0) is 32.9 Å². The summed E-state index contributed by atoms with van der Waals surface area (Å²) < 4.78 is 0. The Morgan fingerprint density at radius 1 is 1.40 bits per heavy atom. The van der Waals surface area contributed by atoms with Crippen LogP contribution in [-0.4, -0.2) is 11.4 Å². The van der Waals surface area contributed by atoms with Gasteiger partial charge in [0.2, 0.25) is 0 Å². The molecule has 3 N–H and O–H groups in total. The first kappa shape index (κ1) is 12.0. The van der Waals surface area contributed by atoms with E-state index in [1.807, 2.05) is 45.0 Å². The molecule has 0 fully saturated rings. The Labute approximate surface area is 95.3 Å². The molecule has 82 valence electrons. The summed E-state index contributed by atoms with van der Waals surface area (Å²) in [5, 5.41) is 0.671. The smallest absolute Gasteiger partial charge is 0.143 e. The number of benzene rings is 1. The van der Waals surface area contributed by atoms with Crippen molar-refractivity contribution in [2.24, 2.45) is 10.8 Å². The fraction of sp³-hybridized carbons (Fsp3) is 0.364. The van der Waals surface area contributed by atoms with E-state index in [0.717, 1.165) is 5.56 Å². The van der Waals surface area contributed by atoms with E-state index in [9.17, 15) is 0 Å². The highest BCUT2D eigenvalue weighted by Crippen LogP contribution is 2.13. The second-order valence-corrected chi connectivity index (χ2v) is 4.72. The zero-order valence-electron chi connectivity index (χ0n) is 9.21. The van der Waals surface area contributed by atoms with E-state index in [4.69, 9.17) is 17.4 Å². The topological polar surface area (TPSA) is 50.4 Å². The summed E-state index contributed by atoms with van der Waals surface area (Å²) in [6.45, 7) is 6.03. The van der Waals surface area contributed by atoms with Crippen LogP contribution >= 0.6 is 11.6 Å². The highest BCUT2D eigenvalue weighted by Gasteiger charge is 2.10. The molecule has 0 spiro atoms. The molecule has 0 amide bonds. The molecule has 0 unspecified atom stereocenters. The van der Waals surface area contributed by atoms with Gasteiger partial charge in [0.05, 0.1) is 5.54 Å². The van der Waals surface area contributed by atoms with Gasteiger partial charge in [0.1, 0.15) is 5.84 Å². The summed E-state index contributed by atoms with van der Waals surface area (Å²) >= 11 is 5.89. The Hall–Kier alpha value is -1.06. The van der Waals surface area contributed by atoms with Crippen LogP contribution in [0.4, 0.5) is 0 Å². The third-order valence-electron chi connectivity index (χ3n) is 1.68. The number of amidine groups is 1. The Morgan fingerprint density at radius 2 is 2.07 bits per heavy atom. The SMILES string of the molecule is CC(C)(C)N=C(NN)c1cccc(Cl)c1. The average molecular weight is 226 g/mol. The normalized spacial score (nSPS) is 12.7. The van der Waals surface area contributed by atoms with Crippen LogP contribution in [0.1, 0.15) is 26.3 Å². The van der Waals surface area contributed by atoms with Crippen LogP contribution in [0.2, 0.25) is 5.02 Å². The first-order chi connectivity index (χ1) is 6.92. The number of halogens is 1. The second kappa shape index (κ2) is 4.64. The Kier molecular flexibility index (Phi) is 3.72. The maximum Gasteiger partial charge on any atom is 0.143 e. The Bertz CT molecular complexity index is 366. The van der Waals surface area contributed by atoms with Gasteiger partial charge in [-0.25, -0.2) is 5.84 Å². The Morgan fingerprint density at radius 3 is 2.53 bits per heavy atom. The van der Waals surface area contributed by atoms with Crippen molar-refractivity contribution in [3.8, 4) is 0 Å². The molecule has 0 saturated carbocycles. The van der Waals surface area contributed by atoms with E-state index in [-0.39, 0.29) is 5.54 Å². The van der Waals surface area contributed by atoms with Crippen LogP contribution in [-0.2, 0) is 0 Å². The lowest BCUT2D eigenvalue weighted by molar-refractivity contribution is 0.580. The van der Waals surface area contributed by atoms with Crippen molar-refractivity contribution in [1.82, 2.24) is 5.43 Å². The van der Waals surface area contributed by atoms with Crippen molar-refractivity contribution < 1.29 is 0 Å². The number of hydrogen-bond donors (Lipinski definition) is 2. The Balaban J connectivity index is 3.08. The summed E-state index contributed by atoms with van der Waals surface area (Å²) in [4.78, 5) is 4.46. The predicted molar refractivity (Wildman–Crippen MR) is 65.1 cm³/mol. The zero-order chi connectivity index (χ0) is 11.5. The summed E-state index contributed by atoms with van der Waals surface area (Å²) in [5.74, 6) is 6.08. The van der Waals surface area contributed by atoms with Gasteiger partial charge in [-0.2, -0.15) is 0 Å². The van der Waals surface area contributed by atoms with Gasteiger partial charge >= 0.3 is 0 Å². The number of hydrazine groups is 1. The van der Waals surface area contributed by atoms with Gasteiger partial charge in [-0.3, -0.25) is 4.99 Å². The minimum Gasteiger partial charge on any atom is -0.308 e. The highest BCUT2D eigenvalue weighted by molar-refractivity contribution is 6.31. The van der Waals surface area contributed by atoms with Crippen LogP contribution in [0.15, 0.2) is 29.3 Å². The number of hydrogen-bond acceptors (Lipinski definition) is 2. The van der Waals surface area contributed by atoms with Gasteiger partial charge in [-0.15, -0.1) is 0 Å². The molecule has 0 radical (unpaired) electrons. The first-order valence-corrected chi connectivity index (χ1v) is 5.12. The molecule has 0 heterocycles. The largest absolute Gasteiger partial charge is 0.308 e. The van der Waals surface area contributed by atoms with Crippen LogP contribution in [0.5, 0.6) is 0 Å². The lowest BCUT2D eigenvalue weighted by atomic mass is 10.1. The molecular formula is C11H16ClN3. The molecule has 4 heteroatoms. The molecule has 0 aliphatic carbocycles. The van der Waals surface area contributed by atoms with E-state index in [2.05, 4.69) is 10.4 Å². The summed E-state index contributed by atoms with van der Waals surface area (Å²) in [7, 11) is 0. The molecular weight excluding hydrogens is 210 g/mol. The minimum absolute atomic E-state index is 0.177. The van der Waals surface area contributed by atoms with Crippen molar-refractivity contribution in [3.63, 3.8) is 0 Å². The standard InChI is InChI=1S/C11H16ClN3/c1-11(2,3)14-10(15-13)8-5-4-6-9(12)7-8/h4-7H,13H2,1-3H3,(H,14,15). The molecule has 0 aromatic heterocycles. The maximum absolute atomic E-state index is 5.89. The molecule has 0 aliphatic heterocycles. The first-order valence-electron chi connectivity index (χ1n) is 4.75. The molecule has 0 aliphatic rings. The molecule has 1 aromatic carbocycles. The summed E-state index contributed by atoms with van der Waals surface area (Å²) in [6.07, 6.45) is 0. The molecule has 0 saturated heterocycles. The van der Waals surface area contributed by atoms with Crippen LogP contribution in [0.3, 0.4) is 0 Å². The number of nitrogens with one attached hydrogen (secondary N) is 1. The van der Waals surface area contributed by atoms with Gasteiger partial charge in [0.15, 0.2) is 0 Å². The van der Waals surface area contributed by atoms with E-state index < -0.39 is 0 Å². The van der Waals surface area contributed by atoms with Gasteiger partial charge in [-0.1, -0.05) is 23.7 Å². The third kappa shape index (κ3) is 3.90. The van der Waals surface area contributed by atoms with Crippen molar-refractivity contribution in [3.05, 3.63) is 34.9 Å². The fourth-order valence-corrected chi connectivity index (χ4v) is 1.34. The molecule has 15 heavy (non-hydrogen) atoms. The maximum atomic E-state index is 5.89. The van der Waals surface area contributed by atoms with Crippen LogP contribution in [0, 0.1) is 0 Å². The summed E-state index contributed by atoms with van der Waals surface area (Å²) in [5.41, 5.74) is 3.31. The minimum atomic E-state index is -0.177. The molecule has 0 atom stereocenters. The highest BCUT2D eigenvalue weighted by atomic mass is 35.5. The monoisotopic (exact) mass is 225 g/mol. The number of aliphatic imine (C=N–C) groups is 1. The van der Waals surface area contributed by atoms with E-state index >= 15 is 0 Å². The molecule has 1 rings (SSSR count). The van der Waals surface area contributed by atoms with Crippen LogP contribution < -0.4 is 11.3 Å². The van der Waals surface area contributed by atoms with Crippen molar-refractivity contribution in [2.45, 2.75) is 26.3 Å². The summed E-state index contributed by atoms with van der Waals surface area (Å²) in [6, 6.07) is 7.42. The molecule has 0 bridgehead atoms. The van der Waals surface area contributed by atoms with Crippen LogP contribution in [0.25, 0.3) is 0 Å². The fourth-order valence-electron chi connectivity index (χ4n) is 1.15. The third-order valence-corrected chi connectivity index (χ3v) is 1.92. The number of nitrogens with zero attached hydrogens (tertiary/aromatic N) is 1. The zero-order valence-corrected chi connectivity index (χ0v) is 9.97. The predicted octanol–water partition coefficient (Wildman–Crippen LogP) is 2.35. The van der Waals surface area contributed by atoms with Gasteiger partial charge < -0.3 is 5.43 Å². The van der Waals surface area contributed by atoms with Gasteiger partial charge in [0.25, 0.3) is 0 Å². The number of nitrogens with two attached hydrogens (primary N) is 1. The lowest BCUT2D eigenvalue weighted by Crippen LogP contribution is -2.33. The van der Waals surface area contributed by atoms with E-state index in [1.165, 1.54) is 0 Å². The lowest BCUT2D eigenvalue weighted by Gasteiger charge is -2.15. The van der Waals surface area contributed by atoms with E-state index in [0.29, 0.717) is 10.9 Å². The number of rotatable bonds is 1.